The molecule has 2 rings (SSSR count). The number of pyridine rings is 1. The van der Waals surface area contributed by atoms with Crippen LogP contribution in [0.15, 0.2) is 30.5 Å². The molecule has 0 N–H and O–H groups in total. The fraction of sp³-hybridized carbons (Fsp3) is 0.167. The smallest absolute Gasteiger partial charge is 0.341 e. The third-order valence-electron chi connectivity index (χ3n) is 2.33. The Bertz CT molecular complexity index is 537. The topological polar surface area (TPSA) is 48.4 Å². The molecule has 0 amide bonds. The van der Waals surface area contributed by atoms with Crippen LogP contribution in [0.2, 0.25) is 0 Å². The van der Waals surface area contributed by atoms with E-state index in [1.54, 1.807) is 18.3 Å². The number of hydrogen-bond donors (Lipinski definition) is 0. The average Bonchev–Trinajstić information content (AvgIpc) is 2.36. The predicted octanol–water partition coefficient (Wildman–Crippen LogP) is 2.03. The van der Waals surface area contributed by atoms with Crippen LogP contribution >= 0.6 is 0 Å². The first-order chi connectivity index (χ1) is 7.76. The molecule has 0 atom stereocenters. The fourth-order valence-electron chi connectivity index (χ4n) is 1.54. The minimum Gasteiger partial charge on any atom is -0.496 e. The van der Waals surface area contributed by atoms with Crippen LogP contribution in [0.4, 0.5) is 0 Å². The number of fused-ring (bicyclic) bond motifs is 1. The van der Waals surface area contributed by atoms with Gasteiger partial charge in [-0.1, -0.05) is 6.07 Å². The Labute approximate surface area is 92.8 Å². The monoisotopic (exact) mass is 217 g/mol. The van der Waals surface area contributed by atoms with Crippen molar-refractivity contribution < 1.29 is 14.3 Å². The van der Waals surface area contributed by atoms with Gasteiger partial charge in [-0.3, -0.25) is 4.98 Å². The number of hydrogen-bond acceptors (Lipinski definition) is 4. The van der Waals surface area contributed by atoms with Gasteiger partial charge in [-0.2, -0.15) is 0 Å². The largest absolute Gasteiger partial charge is 0.496 e. The summed E-state index contributed by atoms with van der Waals surface area (Å²) in [6, 6.07) is 7.18. The summed E-state index contributed by atoms with van der Waals surface area (Å²) in [7, 11) is 2.86. The van der Waals surface area contributed by atoms with Crippen LogP contribution in [0.3, 0.4) is 0 Å². The Morgan fingerprint density at radius 3 is 2.81 bits per heavy atom. The molecule has 0 bridgehead atoms. The van der Waals surface area contributed by atoms with E-state index in [-0.39, 0.29) is 0 Å². The van der Waals surface area contributed by atoms with Crippen molar-refractivity contribution in [3.05, 3.63) is 36.0 Å². The molecule has 4 heteroatoms. The van der Waals surface area contributed by atoms with Crippen LogP contribution in [-0.2, 0) is 4.74 Å². The standard InChI is InChI=1S/C12H11NO3/c1-15-11-6-8-4-3-5-13-10(8)7-9(11)12(14)16-2/h3-7H,1-2H3. The van der Waals surface area contributed by atoms with Gasteiger partial charge in [-0.05, 0) is 18.2 Å². The van der Waals surface area contributed by atoms with Gasteiger partial charge in [0.05, 0.1) is 19.7 Å². The van der Waals surface area contributed by atoms with Gasteiger partial charge in [0.25, 0.3) is 0 Å². The number of benzene rings is 1. The molecule has 0 aliphatic rings. The van der Waals surface area contributed by atoms with Crippen LogP contribution in [0, 0.1) is 0 Å². The van der Waals surface area contributed by atoms with E-state index in [9.17, 15) is 4.79 Å². The normalized spacial score (nSPS) is 10.1. The number of carbonyl (C=O) groups excluding carboxylic acids is 1. The highest BCUT2D eigenvalue weighted by Crippen LogP contribution is 2.25. The lowest BCUT2D eigenvalue weighted by Crippen LogP contribution is -2.04. The summed E-state index contributed by atoms with van der Waals surface area (Å²) in [6.45, 7) is 0. The highest BCUT2D eigenvalue weighted by Gasteiger charge is 2.13. The lowest BCUT2D eigenvalue weighted by atomic mass is 10.1. The molecular formula is C12H11NO3. The van der Waals surface area contributed by atoms with Crippen molar-refractivity contribution >= 4 is 16.9 Å². The average molecular weight is 217 g/mol. The zero-order valence-electron chi connectivity index (χ0n) is 9.06. The summed E-state index contributed by atoms with van der Waals surface area (Å²) in [6.07, 6.45) is 1.68. The van der Waals surface area contributed by atoms with Crippen LogP contribution in [-0.4, -0.2) is 25.2 Å². The van der Waals surface area contributed by atoms with E-state index in [4.69, 9.17) is 4.74 Å². The fourth-order valence-corrected chi connectivity index (χ4v) is 1.54. The van der Waals surface area contributed by atoms with Gasteiger partial charge in [0.1, 0.15) is 11.3 Å². The van der Waals surface area contributed by atoms with Gasteiger partial charge in [0, 0.05) is 11.6 Å². The van der Waals surface area contributed by atoms with Crippen molar-refractivity contribution in [2.24, 2.45) is 0 Å². The molecule has 16 heavy (non-hydrogen) atoms. The minimum atomic E-state index is -0.426. The second-order valence-corrected chi connectivity index (χ2v) is 3.24. The molecule has 1 aromatic carbocycles. The van der Waals surface area contributed by atoms with E-state index in [1.165, 1.54) is 14.2 Å². The maximum absolute atomic E-state index is 11.5. The zero-order valence-corrected chi connectivity index (χ0v) is 9.06. The molecule has 2 aromatic rings. The molecule has 4 nitrogen and oxygen atoms in total. The summed E-state index contributed by atoms with van der Waals surface area (Å²) in [5.74, 6) is 0.0664. The van der Waals surface area contributed by atoms with Crippen LogP contribution in [0.1, 0.15) is 10.4 Å². The van der Waals surface area contributed by atoms with Crippen LogP contribution in [0.25, 0.3) is 10.9 Å². The third kappa shape index (κ3) is 1.69. The molecule has 0 saturated heterocycles. The molecule has 0 unspecified atom stereocenters. The Kier molecular flexibility index (Phi) is 2.72. The first-order valence-corrected chi connectivity index (χ1v) is 4.77. The first kappa shape index (κ1) is 10.4. The number of esters is 1. The Morgan fingerprint density at radius 2 is 2.12 bits per heavy atom. The van der Waals surface area contributed by atoms with E-state index in [0.717, 1.165) is 10.9 Å². The minimum absolute atomic E-state index is 0.385. The zero-order chi connectivity index (χ0) is 11.5. The van der Waals surface area contributed by atoms with Gasteiger partial charge < -0.3 is 9.47 Å². The summed E-state index contributed by atoms with van der Waals surface area (Å²) in [4.78, 5) is 15.7. The quantitative estimate of drug-likeness (QED) is 0.722. The Balaban J connectivity index is 2.67. The second kappa shape index (κ2) is 4.18. The van der Waals surface area contributed by atoms with Crippen molar-refractivity contribution in [2.45, 2.75) is 0 Å². The Morgan fingerprint density at radius 1 is 1.31 bits per heavy atom. The van der Waals surface area contributed by atoms with Gasteiger partial charge >= 0.3 is 5.97 Å². The van der Waals surface area contributed by atoms with Gasteiger partial charge in [0.2, 0.25) is 0 Å². The van der Waals surface area contributed by atoms with Crippen molar-refractivity contribution in [1.82, 2.24) is 4.98 Å². The number of rotatable bonds is 2. The third-order valence-corrected chi connectivity index (χ3v) is 2.33. The summed E-state index contributed by atoms with van der Waals surface area (Å²) < 4.78 is 9.83. The van der Waals surface area contributed by atoms with E-state index in [0.29, 0.717) is 11.3 Å². The molecule has 0 aliphatic heterocycles. The maximum Gasteiger partial charge on any atom is 0.341 e. The molecular weight excluding hydrogens is 206 g/mol. The highest BCUT2D eigenvalue weighted by molar-refractivity contribution is 5.97. The number of carbonyl (C=O) groups is 1. The summed E-state index contributed by atoms with van der Waals surface area (Å²) in [5.41, 5.74) is 1.12. The van der Waals surface area contributed by atoms with Crippen molar-refractivity contribution in [2.75, 3.05) is 14.2 Å². The van der Waals surface area contributed by atoms with E-state index < -0.39 is 5.97 Å². The lowest BCUT2D eigenvalue weighted by molar-refractivity contribution is 0.0597. The highest BCUT2D eigenvalue weighted by atomic mass is 16.5. The van der Waals surface area contributed by atoms with E-state index in [1.807, 2.05) is 12.1 Å². The summed E-state index contributed by atoms with van der Waals surface area (Å²) in [5, 5.41) is 0.923. The molecule has 0 saturated carbocycles. The SMILES string of the molecule is COC(=O)c1cc2ncccc2cc1OC. The number of aromatic nitrogens is 1. The van der Waals surface area contributed by atoms with E-state index in [2.05, 4.69) is 9.72 Å². The first-order valence-electron chi connectivity index (χ1n) is 4.77. The van der Waals surface area contributed by atoms with Gasteiger partial charge in [-0.15, -0.1) is 0 Å². The van der Waals surface area contributed by atoms with E-state index >= 15 is 0 Å². The molecule has 0 aliphatic carbocycles. The lowest BCUT2D eigenvalue weighted by Gasteiger charge is -2.07. The molecule has 1 aromatic heterocycles. The predicted molar refractivity (Wildman–Crippen MR) is 59.6 cm³/mol. The van der Waals surface area contributed by atoms with Crippen LogP contribution < -0.4 is 4.74 Å². The molecule has 82 valence electrons. The maximum atomic E-state index is 11.5. The molecule has 1 heterocycles. The molecule has 0 radical (unpaired) electrons. The molecule has 0 spiro atoms. The van der Waals surface area contributed by atoms with Crippen molar-refractivity contribution in [3.63, 3.8) is 0 Å². The van der Waals surface area contributed by atoms with Gasteiger partial charge in [0.15, 0.2) is 0 Å². The van der Waals surface area contributed by atoms with Crippen LogP contribution in [0.5, 0.6) is 5.75 Å². The number of methoxy groups -OCH3 is 2. The van der Waals surface area contributed by atoms with Gasteiger partial charge in [-0.25, -0.2) is 4.79 Å². The Hall–Kier alpha value is -2.10. The second-order valence-electron chi connectivity index (χ2n) is 3.24. The molecule has 0 fully saturated rings. The van der Waals surface area contributed by atoms with Crippen molar-refractivity contribution in [1.29, 1.82) is 0 Å². The number of ether oxygens (including phenoxy) is 2. The van der Waals surface area contributed by atoms with Crippen molar-refractivity contribution in [3.8, 4) is 5.75 Å². The summed E-state index contributed by atoms with van der Waals surface area (Å²) >= 11 is 0. The number of nitrogens with zero attached hydrogens (tertiary/aromatic N) is 1.